The van der Waals surface area contributed by atoms with Gasteiger partial charge in [0.2, 0.25) is 6.41 Å². The summed E-state index contributed by atoms with van der Waals surface area (Å²) < 4.78 is 0. The topological polar surface area (TPSA) is 43.7 Å². The quantitative estimate of drug-likeness (QED) is 0.654. The summed E-state index contributed by atoms with van der Waals surface area (Å²) in [4.78, 5) is 1.49. The molecule has 0 spiro atoms. The number of hydrogen-bond donors (Lipinski definition) is 2. The van der Waals surface area contributed by atoms with Crippen molar-refractivity contribution in [2.24, 2.45) is 0 Å². The van der Waals surface area contributed by atoms with Gasteiger partial charge in [0.1, 0.15) is 0 Å². The van der Waals surface area contributed by atoms with Crippen molar-refractivity contribution in [2.75, 3.05) is 11.4 Å². The van der Waals surface area contributed by atoms with Crippen molar-refractivity contribution in [3.05, 3.63) is 30.3 Å². The van der Waals surface area contributed by atoms with E-state index in [4.69, 9.17) is 10.2 Å². The summed E-state index contributed by atoms with van der Waals surface area (Å²) in [7, 11) is 0. The first-order valence-corrected chi connectivity index (χ1v) is 3.93. The van der Waals surface area contributed by atoms with Crippen LogP contribution in [0.3, 0.4) is 0 Å². The zero-order valence-electron chi connectivity index (χ0n) is 7.01. The Morgan fingerprint density at radius 2 is 1.83 bits per heavy atom. The Hall–Kier alpha value is -1.06. The summed E-state index contributed by atoms with van der Waals surface area (Å²) in [5.74, 6) is 0. The Morgan fingerprint density at radius 1 is 1.25 bits per heavy atom. The molecule has 3 nitrogen and oxygen atoms in total. The maximum Gasteiger partial charge on any atom is 0.235 e. The van der Waals surface area contributed by atoms with Crippen LogP contribution in [-0.4, -0.2) is 23.2 Å². The zero-order valence-corrected chi connectivity index (χ0v) is 7.01. The standard InChI is InChI=1S/C9H13NO2/c1-2-10(9(11)12)8-6-4-3-5-7-8/h3-7,9,11-12H,2H2,1H3. The molecule has 1 aromatic carbocycles. The highest BCUT2D eigenvalue weighted by atomic mass is 16.5. The van der Waals surface area contributed by atoms with Gasteiger partial charge in [-0.05, 0) is 19.1 Å². The number of benzene rings is 1. The fraction of sp³-hybridized carbons (Fsp3) is 0.333. The van der Waals surface area contributed by atoms with Crippen LogP contribution >= 0.6 is 0 Å². The zero-order chi connectivity index (χ0) is 8.97. The number of nitrogens with zero attached hydrogens (tertiary/aromatic N) is 1. The molecule has 0 amide bonds. The molecule has 0 unspecified atom stereocenters. The van der Waals surface area contributed by atoms with Gasteiger partial charge in [-0.3, -0.25) is 0 Å². The van der Waals surface area contributed by atoms with Crippen molar-refractivity contribution in [3.8, 4) is 0 Å². The van der Waals surface area contributed by atoms with Crippen LogP contribution in [0.25, 0.3) is 0 Å². The van der Waals surface area contributed by atoms with Gasteiger partial charge in [0.25, 0.3) is 0 Å². The fourth-order valence-electron chi connectivity index (χ4n) is 1.10. The minimum Gasteiger partial charge on any atom is -0.351 e. The summed E-state index contributed by atoms with van der Waals surface area (Å²) in [6.07, 6.45) is -1.42. The van der Waals surface area contributed by atoms with Crippen LogP contribution in [-0.2, 0) is 0 Å². The first kappa shape index (κ1) is 9.03. The van der Waals surface area contributed by atoms with E-state index in [2.05, 4.69) is 0 Å². The van der Waals surface area contributed by atoms with Gasteiger partial charge < -0.3 is 15.1 Å². The lowest BCUT2D eigenvalue weighted by Gasteiger charge is -2.24. The van der Waals surface area contributed by atoms with E-state index in [1.54, 1.807) is 0 Å². The Labute approximate surface area is 71.9 Å². The molecular weight excluding hydrogens is 154 g/mol. The van der Waals surface area contributed by atoms with Crippen molar-refractivity contribution in [1.82, 2.24) is 0 Å². The molecule has 0 aliphatic rings. The van der Waals surface area contributed by atoms with Crippen LogP contribution in [0.4, 0.5) is 5.69 Å². The van der Waals surface area contributed by atoms with E-state index in [9.17, 15) is 0 Å². The van der Waals surface area contributed by atoms with Gasteiger partial charge in [0.05, 0.1) is 0 Å². The third-order valence-electron chi connectivity index (χ3n) is 1.71. The number of aliphatic hydroxyl groups excluding tert-OH is 1. The first-order valence-electron chi connectivity index (χ1n) is 3.93. The lowest BCUT2D eigenvalue weighted by molar-refractivity contribution is -0.0401. The molecule has 0 heterocycles. The van der Waals surface area contributed by atoms with Gasteiger partial charge in [-0.2, -0.15) is 0 Å². The molecule has 1 rings (SSSR count). The highest BCUT2D eigenvalue weighted by Gasteiger charge is 2.09. The molecule has 0 aliphatic heterocycles. The SMILES string of the molecule is CCN(c1ccccc1)C(O)O. The van der Waals surface area contributed by atoms with Gasteiger partial charge in [0, 0.05) is 12.2 Å². The molecule has 0 bridgehead atoms. The van der Waals surface area contributed by atoms with Gasteiger partial charge in [-0.25, -0.2) is 0 Å². The van der Waals surface area contributed by atoms with E-state index in [0.717, 1.165) is 5.69 Å². The number of anilines is 1. The molecule has 0 saturated carbocycles. The van der Waals surface area contributed by atoms with Crippen LogP contribution in [0.1, 0.15) is 6.92 Å². The molecule has 66 valence electrons. The van der Waals surface area contributed by atoms with Crippen molar-refractivity contribution >= 4 is 5.69 Å². The predicted octanol–water partition coefficient (Wildman–Crippen LogP) is 0.781. The van der Waals surface area contributed by atoms with Gasteiger partial charge in [0.15, 0.2) is 0 Å². The van der Waals surface area contributed by atoms with E-state index in [0.29, 0.717) is 6.54 Å². The van der Waals surface area contributed by atoms with E-state index in [1.807, 2.05) is 37.3 Å². The maximum absolute atomic E-state index is 8.95. The third kappa shape index (κ3) is 1.96. The van der Waals surface area contributed by atoms with Crippen LogP contribution < -0.4 is 4.90 Å². The van der Waals surface area contributed by atoms with Gasteiger partial charge in [-0.15, -0.1) is 0 Å². The van der Waals surface area contributed by atoms with Crippen molar-refractivity contribution < 1.29 is 10.2 Å². The molecule has 1 aromatic rings. The third-order valence-corrected chi connectivity index (χ3v) is 1.71. The second-order valence-electron chi connectivity index (χ2n) is 2.47. The predicted molar refractivity (Wildman–Crippen MR) is 47.7 cm³/mol. The number of para-hydroxylation sites is 1. The molecular formula is C9H13NO2. The smallest absolute Gasteiger partial charge is 0.235 e. The Bertz CT molecular complexity index is 223. The summed E-state index contributed by atoms with van der Waals surface area (Å²) in [6.45, 7) is 2.44. The van der Waals surface area contributed by atoms with E-state index >= 15 is 0 Å². The number of hydrogen-bond acceptors (Lipinski definition) is 3. The van der Waals surface area contributed by atoms with Crippen LogP contribution in [0.5, 0.6) is 0 Å². The molecule has 0 aliphatic carbocycles. The first-order chi connectivity index (χ1) is 5.75. The van der Waals surface area contributed by atoms with Crippen LogP contribution in [0.15, 0.2) is 30.3 Å². The van der Waals surface area contributed by atoms with Crippen molar-refractivity contribution in [3.63, 3.8) is 0 Å². The monoisotopic (exact) mass is 167 g/mol. The number of rotatable bonds is 3. The molecule has 2 N–H and O–H groups in total. The van der Waals surface area contributed by atoms with Crippen LogP contribution in [0, 0.1) is 0 Å². The average molecular weight is 167 g/mol. The average Bonchev–Trinajstić information content (AvgIpc) is 2.07. The van der Waals surface area contributed by atoms with E-state index in [-0.39, 0.29) is 0 Å². The molecule has 0 aromatic heterocycles. The Balaban J connectivity index is 2.80. The highest BCUT2D eigenvalue weighted by Crippen LogP contribution is 2.13. The maximum atomic E-state index is 8.95. The highest BCUT2D eigenvalue weighted by molar-refractivity contribution is 5.45. The van der Waals surface area contributed by atoms with Gasteiger partial charge >= 0.3 is 0 Å². The summed E-state index contributed by atoms with van der Waals surface area (Å²) in [6, 6.07) is 9.29. The number of aliphatic hydroxyl groups is 2. The summed E-state index contributed by atoms with van der Waals surface area (Å²) in [5, 5.41) is 17.9. The minimum absolute atomic E-state index is 0.571. The molecule has 0 radical (unpaired) electrons. The molecule has 12 heavy (non-hydrogen) atoms. The second kappa shape index (κ2) is 4.09. The molecule has 0 atom stereocenters. The second-order valence-corrected chi connectivity index (χ2v) is 2.47. The van der Waals surface area contributed by atoms with Crippen molar-refractivity contribution in [1.29, 1.82) is 0 Å². The lowest BCUT2D eigenvalue weighted by atomic mass is 10.3. The van der Waals surface area contributed by atoms with E-state index < -0.39 is 6.41 Å². The normalized spacial score (nSPS) is 10.3. The Morgan fingerprint density at radius 3 is 2.25 bits per heavy atom. The van der Waals surface area contributed by atoms with E-state index in [1.165, 1.54) is 4.90 Å². The molecule has 0 saturated heterocycles. The molecule has 3 heteroatoms. The minimum atomic E-state index is -1.42. The summed E-state index contributed by atoms with van der Waals surface area (Å²) in [5.41, 5.74) is 0.815. The summed E-state index contributed by atoms with van der Waals surface area (Å²) >= 11 is 0. The molecule has 0 fully saturated rings. The fourth-order valence-corrected chi connectivity index (χ4v) is 1.10. The van der Waals surface area contributed by atoms with Crippen molar-refractivity contribution in [2.45, 2.75) is 13.3 Å². The lowest BCUT2D eigenvalue weighted by Crippen LogP contribution is -2.34. The largest absolute Gasteiger partial charge is 0.351 e. The van der Waals surface area contributed by atoms with Crippen LogP contribution in [0.2, 0.25) is 0 Å². The van der Waals surface area contributed by atoms with Gasteiger partial charge in [-0.1, -0.05) is 18.2 Å². The Kier molecular flexibility index (Phi) is 3.08.